The molecule has 0 saturated heterocycles. The maximum Gasteiger partial charge on any atom is 0.120 e. The lowest BCUT2D eigenvalue weighted by Crippen LogP contribution is -2.12. The van der Waals surface area contributed by atoms with E-state index in [1.54, 1.807) is 6.07 Å². The number of nitrogens with two attached hydrogens (primary N) is 1. The molecule has 0 bridgehead atoms. The van der Waals surface area contributed by atoms with Crippen LogP contribution < -0.4 is 10.5 Å². The van der Waals surface area contributed by atoms with Gasteiger partial charge in [0.25, 0.3) is 0 Å². The minimum absolute atomic E-state index is 0.243. The fourth-order valence-electron chi connectivity index (χ4n) is 2.06. The summed E-state index contributed by atoms with van der Waals surface area (Å²) in [6.07, 6.45) is 2.66. The van der Waals surface area contributed by atoms with Crippen molar-refractivity contribution < 1.29 is 4.74 Å². The van der Waals surface area contributed by atoms with E-state index in [4.69, 9.17) is 33.7 Å². The van der Waals surface area contributed by atoms with Crippen LogP contribution in [0.15, 0.2) is 42.5 Å². The molecule has 0 radical (unpaired) electrons. The average Bonchev–Trinajstić information content (AvgIpc) is 3.25. The van der Waals surface area contributed by atoms with E-state index >= 15 is 0 Å². The van der Waals surface area contributed by atoms with Crippen molar-refractivity contribution in [1.82, 2.24) is 0 Å². The molecule has 1 aliphatic carbocycles. The summed E-state index contributed by atoms with van der Waals surface area (Å²) >= 11 is 12.0. The summed E-state index contributed by atoms with van der Waals surface area (Å²) in [6, 6.07) is 13.1. The molecule has 20 heavy (non-hydrogen) atoms. The van der Waals surface area contributed by atoms with E-state index < -0.39 is 0 Å². The zero-order valence-corrected chi connectivity index (χ0v) is 12.4. The van der Waals surface area contributed by atoms with Gasteiger partial charge in [-0.15, -0.1) is 0 Å². The monoisotopic (exact) mass is 307 g/mol. The van der Waals surface area contributed by atoms with Crippen molar-refractivity contribution in [3.63, 3.8) is 0 Å². The van der Waals surface area contributed by atoms with Crippen molar-refractivity contribution in [2.45, 2.75) is 25.0 Å². The summed E-state index contributed by atoms with van der Waals surface area (Å²) in [6.45, 7) is 0. The Morgan fingerprint density at radius 1 is 1.00 bits per heavy atom. The molecule has 3 rings (SSSR count). The molecular weight excluding hydrogens is 293 g/mol. The van der Waals surface area contributed by atoms with E-state index in [9.17, 15) is 0 Å². The van der Waals surface area contributed by atoms with Gasteiger partial charge in [0.15, 0.2) is 0 Å². The van der Waals surface area contributed by atoms with Crippen LogP contribution in [0.1, 0.15) is 30.0 Å². The van der Waals surface area contributed by atoms with Crippen LogP contribution >= 0.6 is 23.2 Å². The van der Waals surface area contributed by atoms with E-state index in [0.29, 0.717) is 16.1 Å². The molecule has 0 aromatic heterocycles. The Labute approximate surface area is 128 Å². The first kappa shape index (κ1) is 13.7. The Balaban J connectivity index is 1.84. The fraction of sp³-hybridized carbons (Fsp3) is 0.250. The zero-order chi connectivity index (χ0) is 14.1. The number of rotatable bonds is 4. The lowest BCUT2D eigenvalue weighted by atomic mass is 9.99. The average molecular weight is 308 g/mol. The fourth-order valence-corrected chi connectivity index (χ4v) is 2.36. The summed E-state index contributed by atoms with van der Waals surface area (Å²) in [5.41, 5.74) is 8.23. The van der Waals surface area contributed by atoms with Crippen LogP contribution in [0.5, 0.6) is 5.75 Å². The molecule has 1 saturated carbocycles. The smallest absolute Gasteiger partial charge is 0.120 e. The van der Waals surface area contributed by atoms with Crippen molar-refractivity contribution in [1.29, 1.82) is 0 Å². The summed E-state index contributed by atoms with van der Waals surface area (Å²) in [4.78, 5) is 0. The van der Waals surface area contributed by atoms with Gasteiger partial charge in [0.1, 0.15) is 5.75 Å². The maximum absolute atomic E-state index is 6.29. The van der Waals surface area contributed by atoms with Gasteiger partial charge in [-0.25, -0.2) is 0 Å². The highest BCUT2D eigenvalue weighted by Crippen LogP contribution is 2.31. The Morgan fingerprint density at radius 3 is 2.45 bits per heavy atom. The van der Waals surface area contributed by atoms with Crippen LogP contribution in [0, 0.1) is 0 Å². The first-order valence-corrected chi connectivity index (χ1v) is 7.36. The van der Waals surface area contributed by atoms with Crippen LogP contribution in [0.25, 0.3) is 0 Å². The molecular formula is C16H15Cl2NO. The van der Waals surface area contributed by atoms with Crippen molar-refractivity contribution in [2.24, 2.45) is 5.73 Å². The molecule has 0 heterocycles. The molecule has 1 fully saturated rings. The van der Waals surface area contributed by atoms with Crippen LogP contribution in [0.4, 0.5) is 0 Å². The molecule has 4 heteroatoms. The maximum atomic E-state index is 6.29. The Bertz CT molecular complexity index is 626. The quantitative estimate of drug-likeness (QED) is 0.897. The molecule has 1 atom stereocenters. The largest absolute Gasteiger partial charge is 0.490 e. The normalized spacial score (nSPS) is 15.9. The highest BCUT2D eigenvalue weighted by atomic mass is 35.5. The zero-order valence-electron chi connectivity index (χ0n) is 10.9. The number of hydrogen-bond acceptors (Lipinski definition) is 2. The van der Waals surface area contributed by atoms with E-state index in [-0.39, 0.29) is 6.04 Å². The Kier molecular flexibility index (Phi) is 3.88. The van der Waals surface area contributed by atoms with E-state index in [0.717, 1.165) is 29.7 Å². The molecule has 2 N–H and O–H groups in total. The van der Waals surface area contributed by atoms with Gasteiger partial charge >= 0.3 is 0 Å². The van der Waals surface area contributed by atoms with Crippen molar-refractivity contribution in [3.8, 4) is 5.75 Å². The Hall–Kier alpha value is -1.22. The lowest BCUT2D eigenvalue weighted by molar-refractivity contribution is 0.303. The van der Waals surface area contributed by atoms with Gasteiger partial charge in [-0.05, 0) is 48.2 Å². The van der Waals surface area contributed by atoms with E-state index in [1.807, 2.05) is 36.4 Å². The number of benzene rings is 2. The molecule has 0 aliphatic heterocycles. The SMILES string of the molecule is NC(c1cccc(OC2CC2)c1)c1ccc(Cl)c(Cl)c1. The highest BCUT2D eigenvalue weighted by molar-refractivity contribution is 6.42. The van der Waals surface area contributed by atoms with Gasteiger partial charge in [-0.1, -0.05) is 41.4 Å². The van der Waals surface area contributed by atoms with Gasteiger partial charge < -0.3 is 10.5 Å². The van der Waals surface area contributed by atoms with E-state index in [2.05, 4.69) is 0 Å². The second-order valence-corrected chi connectivity index (χ2v) is 5.86. The number of ether oxygens (including phenoxy) is 1. The third kappa shape index (κ3) is 3.09. The predicted octanol–water partition coefficient (Wildman–Crippen LogP) is 4.58. The number of halogens is 2. The molecule has 0 spiro atoms. The third-order valence-electron chi connectivity index (χ3n) is 3.35. The molecule has 2 aromatic rings. The summed E-state index contributed by atoms with van der Waals surface area (Å²) in [5.74, 6) is 0.875. The van der Waals surface area contributed by atoms with Gasteiger partial charge in [0, 0.05) is 0 Å². The third-order valence-corrected chi connectivity index (χ3v) is 4.09. The van der Waals surface area contributed by atoms with Crippen molar-refractivity contribution in [2.75, 3.05) is 0 Å². The van der Waals surface area contributed by atoms with Gasteiger partial charge in [0.2, 0.25) is 0 Å². The minimum Gasteiger partial charge on any atom is -0.490 e. The number of hydrogen-bond donors (Lipinski definition) is 1. The van der Waals surface area contributed by atoms with Crippen molar-refractivity contribution in [3.05, 3.63) is 63.6 Å². The molecule has 104 valence electrons. The Morgan fingerprint density at radius 2 is 1.75 bits per heavy atom. The minimum atomic E-state index is -0.243. The van der Waals surface area contributed by atoms with Crippen molar-refractivity contribution >= 4 is 23.2 Å². The second-order valence-electron chi connectivity index (χ2n) is 5.04. The van der Waals surface area contributed by atoms with Crippen LogP contribution in [-0.4, -0.2) is 6.10 Å². The second kappa shape index (κ2) is 5.65. The molecule has 2 nitrogen and oxygen atoms in total. The summed E-state index contributed by atoms with van der Waals surface area (Å²) in [5, 5.41) is 1.05. The lowest BCUT2D eigenvalue weighted by Gasteiger charge is -2.15. The standard InChI is InChI=1S/C16H15Cl2NO/c17-14-7-4-11(9-15(14)18)16(19)10-2-1-3-13(8-10)20-12-5-6-12/h1-4,7-9,12,16H,5-6,19H2. The van der Waals surface area contributed by atoms with Crippen LogP contribution in [0.2, 0.25) is 10.0 Å². The molecule has 0 amide bonds. The summed E-state index contributed by atoms with van der Waals surface area (Å²) < 4.78 is 5.79. The van der Waals surface area contributed by atoms with Gasteiger partial charge in [0.05, 0.1) is 22.2 Å². The molecule has 1 aliphatic rings. The van der Waals surface area contributed by atoms with Crippen LogP contribution in [0.3, 0.4) is 0 Å². The first-order valence-electron chi connectivity index (χ1n) is 6.60. The summed E-state index contributed by atoms with van der Waals surface area (Å²) in [7, 11) is 0. The highest BCUT2D eigenvalue weighted by Gasteiger charge is 2.23. The molecule has 1 unspecified atom stereocenters. The first-order chi connectivity index (χ1) is 9.63. The van der Waals surface area contributed by atoms with Crippen LogP contribution in [-0.2, 0) is 0 Å². The van der Waals surface area contributed by atoms with Gasteiger partial charge in [-0.2, -0.15) is 0 Å². The molecule has 2 aromatic carbocycles. The van der Waals surface area contributed by atoms with Gasteiger partial charge in [-0.3, -0.25) is 0 Å². The topological polar surface area (TPSA) is 35.2 Å². The van der Waals surface area contributed by atoms with E-state index in [1.165, 1.54) is 0 Å². The predicted molar refractivity (Wildman–Crippen MR) is 82.6 cm³/mol.